The van der Waals surface area contributed by atoms with Crippen LogP contribution in [-0.2, 0) is 19.1 Å². The topological polar surface area (TPSA) is 52.6 Å². The van der Waals surface area contributed by atoms with Gasteiger partial charge in [-0.15, -0.1) is 0 Å². The first-order chi connectivity index (χ1) is 13.0. The Bertz CT molecular complexity index is 658. The fourth-order valence-electron chi connectivity index (χ4n) is 5.76. The Balaban J connectivity index is 2.28. The minimum absolute atomic E-state index is 0.214. The van der Waals surface area contributed by atoms with Gasteiger partial charge in [0.05, 0.1) is 0 Å². The number of hydrogen-bond donors (Lipinski definition) is 0. The lowest BCUT2D eigenvalue weighted by molar-refractivity contribution is -0.146. The molecule has 0 N–H and O–H groups in total. The van der Waals surface area contributed by atoms with Crippen molar-refractivity contribution < 1.29 is 19.1 Å². The van der Waals surface area contributed by atoms with Gasteiger partial charge in [0.15, 0.2) is 0 Å². The van der Waals surface area contributed by atoms with Crippen LogP contribution in [0.5, 0.6) is 0 Å². The van der Waals surface area contributed by atoms with Gasteiger partial charge >= 0.3 is 11.9 Å². The van der Waals surface area contributed by atoms with Crippen LogP contribution in [-0.4, -0.2) is 24.6 Å². The molecule has 0 aromatic rings. The minimum atomic E-state index is -0.307. The predicted octanol–water partition coefficient (Wildman–Crippen LogP) is 5.62. The van der Waals surface area contributed by atoms with E-state index in [2.05, 4.69) is 33.8 Å². The van der Waals surface area contributed by atoms with Crippen molar-refractivity contribution in [3.63, 3.8) is 0 Å². The molecule has 158 valence electrons. The maximum Gasteiger partial charge on any atom is 0.303 e. The summed E-state index contributed by atoms with van der Waals surface area (Å²) in [5.41, 5.74) is 2.92. The van der Waals surface area contributed by atoms with E-state index in [0.717, 1.165) is 18.4 Å². The van der Waals surface area contributed by atoms with Crippen LogP contribution in [0.4, 0.5) is 0 Å². The number of ether oxygens (including phenoxy) is 2. The Morgan fingerprint density at radius 3 is 2.46 bits per heavy atom. The second-order valence-corrected chi connectivity index (χ2v) is 9.72. The van der Waals surface area contributed by atoms with Crippen molar-refractivity contribution in [2.45, 2.75) is 86.7 Å². The van der Waals surface area contributed by atoms with Crippen molar-refractivity contribution in [1.82, 2.24) is 0 Å². The van der Waals surface area contributed by atoms with Crippen LogP contribution in [0.25, 0.3) is 0 Å². The molecule has 1 fully saturated rings. The Hall–Kier alpha value is -1.58. The van der Waals surface area contributed by atoms with Gasteiger partial charge in [0, 0.05) is 13.8 Å². The minimum Gasteiger partial charge on any atom is -0.462 e. The summed E-state index contributed by atoms with van der Waals surface area (Å²) < 4.78 is 10.8. The number of allylic oxidation sites excluding steroid dienone is 2. The van der Waals surface area contributed by atoms with Gasteiger partial charge in [-0.25, -0.2) is 0 Å². The number of esters is 2. The van der Waals surface area contributed by atoms with Crippen molar-refractivity contribution >= 4 is 11.9 Å². The van der Waals surface area contributed by atoms with Crippen LogP contribution in [0.2, 0.25) is 0 Å². The van der Waals surface area contributed by atoms with E-state index in [9.17, 15) is 9.59 Å². The highest BCUT2D eigenvalue weighted by molar-refractivity contribution is 5.66. The molecule has 0 saturated heterocycles. The van der Waals surface area contributed by atoms with E-state index in [0.29, 0.717) is 17.3 Å². The third-order valence-corrected chi connectivity index (χ3v) is 7.25. The van der Waals surface area contributed by atoms with Crippen LogP contribution < -0.4 is 0 Å². The number of carbonyl (C=O) groups is 2. The van der Waals surface area contributed by atoms with E-state index in [-0.39, 0.29) is 30.1 Å². The average molecular weight is 391 g/mol. The highest BCUT2D eigenvalue weighted by atomic mass is 16.5. The molecule has 0 amide bonds. The predicted molar refractivity (Wildman–Crippen MR) is 112 cm³/mol. The number of rotatable bonds is 6. The number of fused-ring (bicyclic) bond motifs is 1. The van der Waals surface area contributed by atoms with Gasteiger partial charge in [0.25, 0.3) is 0 Å². The molecule has 2 aliphatic carbocycles. The van der Waals surface area contributed by atoms with Gasteiger partial charge in [-0.1, -0.05) is 38.8 Å². The first-order valence-electron chi connectivity index (χ1n) is 10.6. The summed E-state index contributed by atoms with van der Waals surface area (Å²) in [6, 6.07) is 0. The maximum atomic E-state index is 11.8. The average Bonchev–Trinajstić information content (AvgIpc) is 2.55. The van der Waals surface area contributed by atoms with Crippen LogP contribution in [0, 0.1) is 22.7 Å². The number of carbonyl (C=O) groups excluding carboxylic acids is 2. The molecule has 4 heteroatoms. The number of hydrogen-bond acceptors (Lipinski definition) is 4. The SMILES string of the molecule is CC(=O)OCC=C(C)[C@@H](C[C@H]1C(C)=CC[C@H]2C(C)(C)CCC[C@]12C)OC(C)=O. The summed E-state index contributed by atoms with van der Waals surface area (Å²) in [4.78, 5) is 22.8. The highest BCUT2D eigenvalue weighted by Gasteiger charge is 2.52. The Morgan fingerprint density at radius 1 is 1.18 bits per heavy atom. The van der Waals surface area contributed by atoms with Gasteiger partial charge in [-0.05, 0) is 73.8 Å². The van der Waals surface area contributed by atoms with E-state index in [4.69, 9.17) is 9.47 Å². The Morgan fingerprint density at radius 2 is 1.86 bits per heavy atom. The van der Waals surface area contributed by atoms with E-state index >= 15 is 0 Å². The lowest BCUT2D eigenvalue weighted by Gasteiger charge is -2.57. The van der Waals surface area contributed by atoms with Gasteiger partial charge in [0.2, 0.25) is 0 Å². The molecule has 0 heterocycles. The van der Waals surface area contributed by atoms with Crippen LogP contribution >= 0.6 is 0 Å². The first-order valence-corrected chi connectivity index (χ1v) is 10.6. The third kappa shape index (κ3) is 5.07. The molecular weight excluding hydrogens is 352 g/mol. The molecule has 4 nitrogen and oxygen atoms in total. The molecule has 0 unspecified atom stereocenters. The largest absolute Gasteiger partial charge is 0.462 e. The lowest BCUT2D eigenvalue weighted by Crippen LogP contribution is -2.49. The summed E-state index contributed by atoms with van der Waals surface area (Å²) in [6.45, 7) is 14.5. The fraction of sp³-hybridized carbons (Fsp3) is 0.750. The molecule has 28 heavy (non-hydrogen) atoms. The lowest BCUT2D eigenvalue weighted by atomic mass is 9.48. The summed E-state index contributed by atoms with van der Waals surface area (Å²) in [6.07, 6.45) is 9.67. The summed E-state index contributed by atoms with van der Waals surface area (Å²) in [7, 11) is 0. The van der Waals surface area contributed by atoms with E-state index < -0.39 is 0 Å². The monoisotopic (exact) mass is 390 g/mol. The van der Waals surface area contributed by atoms with Crippen molar-refractivity contribution in [2.75, 3.05) is 6.61 Å². The second-order valence-electron chi connectivity index (χ2n) is 9.72. The zero-order valence-electron chi connectivity index (χ0n) is 18.8. The second kappa shape index (κ2) is 8.84. The molecule has 2 rings (SSSR count). The standard InChI is InChI=1S/C24H38O4/c1-16-9-10-22-23(5,6)12-8-13-24(22,7)20(16)15-21(28-19(4)26)17(2)11-14-27-18(3)25/h9,11,20-22H,8,10,12-15H2,1-7H3/t20-,21+,22-,24+/m0/s1. The van der Waals surface area contributed by atoms with Crippen LogP contribution in [0.1, 0.15) is 80.6 Å². The molecule has 1 saturated carbocycles. The molecule has 0 spiro atoms. The van der Waals surface area contributed by atoms with Gasteiger partial charge in [-0.3, -0.25) is 9.59 Å². The molecule has 0 aliphatic heterocycles. The molecule has 4 atom stereocenters. The molecular formula is C24H38O4. The molecule has 2 aliphatic rings. The quantitative estimate of drug-likeness (QED) is 0.436. The van der Waals surface area contributed by atoms with Crippen molar-refractivity contribution in [1.29, 1.82) is 0 Å². The first kappa shape index (κ1) is 22.7. The van der Waals surface area contributed by atoms with Crippen molar-refractivity contribution in [3.05, 3.63) is 23.3 Å². The van der Waals surface area contributed by atoms with Crippen LogP contribution in [0.15, 0.2) is 23.3 Å². The molecule has 0 bridgehead atoms. The Labute approximate surface area is 170 Å². The Kier molecular flexibility index (Phi) is 7.17. The zero-order chi connectivity index (χ0) is 21.1. The summed E-state index contributed by atoms with van der Waals surface area (Å²) in [5, 5.41) is 0. The third-order valence-electron chi connectivity index (χ3n) is 7.25. The van der Waals surface area contributed by atoms with E-state index in [1.807, 2.05) is 13.0 Å². The smallest absolute Gasteiger partial charge is 0.303 e. The highest BCUT2D eigenvalue weighted by Crippen LogP contribution is 2.60. The van der Waals surface area contributed by atoms with Crippen molar-refractivity contribution in [2.24, 2.45) is 22.7 Å². The zero-order valence-corrected chi connectivity index (χ0v) is 18.8. The van der Waals surface area contributed by atoms with Gasteiger partial charge in [0.1, 0.15) is 12.7 Å². The van der Waals surface area contributed by atoms with E-state index in [1.54, 1.807) is 0 Å². The van der Waals surface area contributed by atoms with Crippen LogP contribution in [0.3, 0.4) is 0 Å². The molecule has 0 radical (unpaired) electrons. The molecule has 0 aromatic heterocycles. The van der Waals surface area contributed by atoms with Crippen molar-refractivity contribution in [3.8, 4) is 0 Å². The van der Waals surface area contributed by atoms with E-state index in [1.165, 1.54) is 38.7 Å². The van der Waals surface area contributed by atoms with Gasteiger partial charge in [-0.2, -0.15) is 0 Å². The summed E-state index contributed by atoms with van der Waals surface area (Å²) in [5.74, 6) is 0.449. The fourth-order valence-corrected chi connectivity index (χ4v) is 5.76. The van der Waals surface area contributed by atoms with Gasteiger partial charge < -0.3 is 9.47 Å². The normalized spacial score (nSPS) is 30.7. The molecule has 0 aromatic carbocycles. The summed E-state index contributed by atoms with van der Waals surface area (Å²) >= 11 is 0. The maximum absolute atomic E-state index is 11.8.